The van der Waals surface area contributed by atoms with Gasteiger partial charge in [-0.1, -0.05) is 42.2 Å². The Labute approximate surface area is 147 Å². The third-order valence-electron chi connectivity index (χ3n) is 3.21. The SMILES string of the molecule is CSCCC(C(=O)O)N1C(=O)/C(=C/c2ccccc2F)SC1=S. The first kappa shape index (κ1) is 18.0. The number of carboxylic acids is 1. The van der Waals surface area contributed by atoms with Gasteiger partial charge in [0.2, 0.25) is 0 Å². The van der Waals surface area contributed by atoms with Gasteiger partial charge >= 0.3 is 5.97 Å². The van der Waals surface area contributed by atoms with Crippen LogP contribution < -0.4 is 0 Å². The van der Waals surface area contributed by atoms with E-state index in [1.807, 2.05) is 6.26 Å². The Morgan fingerprint density at radius 2 is 2.22 bits per heavy atom. The zero-order valence-electron chi connectivity index (χ0n) is 12.2. The summed E-state index contributed by atoms with van der Waals surface area (Å²) < 4.78 is 13.9. The summed E-state index contributed by atoms with van der Waals surface area (Å²) in [5.74, 6) is -1.44. The number of nitrogens with zero attached hydrogens (tertiary/aromatic N) is 1. The average Bonchev–Trinajstić information content (AvgIpc) is 2.77. The molecule has 23 heavy (non-hydrogen) atoms. The Kier molecular flexibility index (Phi) is 6.20. The van der Waals surface area contributed by atoms with Gasteiger partial charge in [-0.15, -0.1) is 0 Å². The second-order valence-corrected chi connectivity index (χ2v) is 7.37. The van der Waals surface area contributed by atoms with E-state index >= 15 is 0 Å². The number of halogens is 1. The molecule has 1 amide bonds. The fraction of sp³-hybridized carbons (Fsp3) is 0.267. The van der Waals surface area contributed by atoms with Gasteiger partial charge in [0, 0.05) is 5.56 Å². The van der Waals surface area contributed by atoms with E-state index in [9.17, 15) is 19.1 Å². The van der Waals surface area contributed by atoms with Crippen LogP contribution in [0, 0.1) is 5.82 Å². The summed E-state index contributed by atoms with van der Waals surface area (Å²) in [7, 11) is 0. The van der Waals surface area contributed by atoms with E-state index in [1.165, 1.54) is 23.9 Å². The van der Waals surface area contributed by atoms with Gasteiger partial charge in [-0.05, 0) is 30.6 Å². The molecule has 1 saturated heterocycles. The highest BCUT2D eigenvalue weighted by molar-refractivity contribution is 8.26. The van der Waals surface area contributed by atoms with Gasteiger partial charge in [0.15, 0.2) is 0 Å². The first-order valence-corrected chi connectivity index (χ1v) is 9.31. The maximum Gasteiger partial charge on any atom is 0.326 e. The first-order valence-electron chi connectivity index (χ1n) is 6.69. The average molecular weight is 371 g/mol. The Morgan fingerprint density at radius 3 is 2.83 bits per heavy atom. The topological polar surface area (TPSA) is 57.6 Å². The minimum Gasteiger partial charge on any atom is -0.480 e. The van der Waals surface area contributed by atoms with Crippen LogP contribution in [0.15, 0.2) is 29.2 Å². The van der Waals surface area contributed by atoms with Crippen LogP contribution in [0.3, 0.4) is 0 Å². The molecule has 0 spiro atoms. The van der Waals surface area contributed by atoms with Crippen molar-refractivity contribution in [2.24, 2.45) is 0 Å². The summed E-state index contributed by atoms with van der Waals surface area (Å²) in [6.07, 6.45) is 3.57. The number of aliphatic carboxylic acids is 1. The van der Waals surface area contributed by atoms with Crippen molar-refractivity contribution in [3.05, 3.63) is 40.6 Å². The maximum absolute atomic E-state index is 13.7. The number of benzene rings is 1. The molecule has 1 aliphatic heterocycles. The molecule has 0 bridgehead atoms. The molecule has 4 nitrogen and oxygen atoms in total. The standard InChI is InChI=1S/C15H14FNO3S3/c1-22-7-6-11(14(19)20)17-13(18)12(23-15(17)21)8-9-4-2-3-5-10(9)16/h2-5,8,11H,6-7H2,1H3,(H,19,20)/b12-8-. The molecule has 2 rings (SSSR count). The minimum absolute atomic E-state index is 0.186. The third kappa shape index (κ3) is 4.13. The second-order valence-electron chi connectivity index (χ2n) is 4.71. The van der Waals surface area contributed by atoms with Crippen molar-refractivity contribution in [2.45, 2.75) is 12.5 Å². The van der Waals surface area contributed by atoms with Gasteiger partial charge in [-0.25, -0.2) is 9.18 Å². The van der Waals surface area contributed by atoms with Gasteiger partial charge in [-0.2, -0.15) is 11.8 Å². The van der Waals surface area contributed by atoms with E-state index in [0.717, 1.165) is 16.7 Å². The van der Waals surface area contributed by atoms with E-state index in [4.69, 9.17) is 12.2 Å². The monoisotopic (exact) mass is 371 g/mol. The highest BCUT2D eigenvalue weighted by Crippen LogP contribution is 2.35. The maximum atomic E-state index is 13.7. The fourth-order valence-corrected chi connectivity index (χ4v) is 3.88. The van der Waals surface area contributed by atoms with Crippen molar-refractivity contribution >= 4 is 58.0 Å². The number of rotatable bonds is 6. The van der Waals surface area contributed by atoms with Gasteiger partial charge in [-0.3, -0.25) is 9.69 Å². The minimum atomic E-state index is -1.09. The number of hydrogen-bond donors (Lipinski definition) is 1. The summed E-state index contributed by atoms with van der Waals surface area (Å²) in [5.41, 5.74) is 0.268. The largest absolute Gasteiger partial charge is 0.480 e. The van der Waals surface area contributed by atoms with Crippen molar-refractivity contribution in [1.29, 1.82) is 0 Å². The van der Waals surface area contributed by atoms with Crippen LogP contribution in [0.5, 0.6) is 0 Å². The molecule has 1 aliphatic rings. The third-order valence-corrected chi connectivity index (χ3v) is 5.18. The molecule has 8 heteroatoms. The molecule has 1 heterocycles. The molecule has 1 fully saturated rings. The smallest absolute Gasteiger partial charge is 0.326 e. The van der Waals surface area contributed by atoms with Crippen molar-refractivity contribution < 1.29 is 19.1 Å². The molecule has 122 valence electrons. The lowest BCUT2D eigenvalue weighted by Crippen LogP contribution is -2.44. The van der Waals surface area contributed by atoms with Crippen LogP contribution in [0.25, 0.3) is 6.08 Å². The lowest BCUT2D eigenvalue weighted by molar-refractivity contribution is -0.145. The summed E-state index contributed by atoms with van der Waals surface area (Å²) in [4.78, 5) is 25.3. The van der Waals surface area contributed by atoms with Crippen molar-refractivity contribution in [1.82, 2.24) is 4.90 Å². The number of thioether (sulfide) groups is 2. The Bertz CT molecular complexity index is 678. The van der Waals surface area contributed by atoms with Crippen molar-refractivity contribution in [2.75, 3.05) is 12.0 Å². The van der Waals surface area contributed by atoms with Crippen molar-refractivity contribution in [3.63, 3.8) is 0 Å². The highest BCUT2D eigenvalue weighted by Gasteiger charge is 2.40. The Balaban J connectivity index is 2.29. The van der Waals surface area contributed by atoms with Crippen LogP contribution in [-0.2, 0) is 9.59 Å². The van der Waals surface area contributed by atoms with E-state index < -0.39 is 23.7 Å². The Hall–Kier alpha value is -1.38. The van der Waals surface area contributed by atoms with E-state index in [1.54, 1.807) is 18.2 Å². The Morgan fingerprint density at radius 1 is 1.52 bits per heavy atom. The lowest BCUT2D eigenvalue weighted by atomic mass is 10.1. The van der Waals surface area contributed by atoms with Gasteiger partial charge in [0.1, 0.15) is 16.2 Å². The molecule has 1 aromatic rings. The predicted molar refractivity (Wildman–Crippen MR) is 95.8 cm³/mol. The molecule has 1 atom stereocenters. The fourth-order valence-electron chi connectivity index (χ4n) is 2.07. The first-order chi connectivity index (χ1) is 11.0. The quantitative estimate of drug-likeness (QED) is 0.612. The van der Waals surface area contributed by atoms with Gasteiger partial charge in [0.25, 0.3) is 5.91 Å². The second kappa shape index (κ2) is 7.94. The number of carbonyl (C=O) groups excluding carboxylic acids is 1. The molecular formula is C15H14FNO3S3. The zero-order chi connectivity index (χ0) is 17.0. The van der Waals surface area contributed by atoms with Crippen LogP contribution in [-0.4, -0.2) is 44.3 Å². The van der Waals surface area contributed by atoms with E-state index in [0.29, 0.717) is 12.2 Å². The lowest BCUT2D eigenvalue weighted by Gasteiger charge is -2.22. The number of amides is 1. The number of thiocarbonyl (C=S) groups is 1. The number of carboxylic acid groups (broad SMARTS) is 1. The molecule has 1 unspecified atom stereocenters. The molecular weight excluding hydrogens is 357 g/mol. The predicted octanol–water partition coefficient (Wildman–Crippen LogP) is 3.23. The van der Waals surface area contributed by atoms with Crippen LogP contribution in [0.4, 0.5) is 4.39 Å². The summed E-state index contributed by atoms with van der Waals surface area (Å²) in [6, 6.07) is 5.06. The number of hydrogen-bond acceptors (Lipinski definition) is 5. The van der Waals surface area contributed by atoms with E-state index in [-0.39, 0.29) is 14.8 Å². The molecule has 1 aromatic carbocycles. The molecule has 0 saturated carbocycles. The van der Waals surface area contributed by atoms with E-state index in [2.05, 4.69) is 0 Å². The van der Waals surface area contributed by atoms with Gasteiger partial charge in [0.05, 0.1) is 4.91 Å². The van der Waals surface area contributed by atoms with Gasteiger partial charge < -0.3 is 5.11 Å². The molecule has 1 N–H and O–H groups in total. The van der Waals surface area contributed by atoms with Crippen LogP contribution in [0.2, 0.25) is 0 Å². The number of carbonyl (C=O) groups is 2. The normalized spacial score (nSPS) is 17.8. The summed E-state index contributed by atoms with van der Waals surface area (Å²) in [6.45, 7) is 0. The van der Waals surface area contributed by atoms with Crippen LogP contribution in [0.1, 0.15) is 12.0 Å². The van der Waals surface area contributed by atoms with Crippen molar-refractivity contribution in [3.8, 4) is 0 Å². The molecule has 0 aromatic heterocycles. The zero-order valence-corrected chi connectivity index (χ0v) is 14.6. The molecule has 0 radical (unpaired) electrons. The van der Waals surface area contributed by atoms with Crippen LogP contribution >= 0.6 is 35.7 Å². The summed E-state index contributed by atoms with van der Waals surface area (Å²) in [5, 5.41) is 9.36. The summed E-state index contributed by atoms with van der Waals surface area (Å²) >= 11 is 7.65. The molecule has 0 aliphatic carbocycles. The highest BCUT2D eigenvalue weighted by atomic mass is 32.2.